The van der Waals surface area contributed by atoms with Gasteiger partial charge in [-0.3, -0.25) is 14.5 Å². The van der Waals surface area contributed by atoms with Crippen LogP contribution in [0, 0.1) is 12.3 Å². The topological polar surface area (TPSA) is 52.7 Å². The standard InChI is InChI=1S/C21H33N3O2/c1-15-9-7-8-10-18(15)16(2)22-19(25)17(3)23-11-13-24(14-12-23)20(26)21(4,5)6/h7-10,16-17H,11-14H2,1-6H3,(H,22,25). The van der Waals surface area contributed by atoms with Gasteiger partial charge in [0.1, 0.15) is 0 Å². The predicted molar refractivity (Wildman–Crippen MR) is 105 cm³/mol. The zero-order valence-electron chi connectivity index (χ0n) is 17.0. The van der Waals surface area contributed by atoms with Crippen molar-refractivity contribution in [3.05, 3.63) is 35.4 Å². The Labute approximate surface area is 157 Å². The van der Waals surface area contributed by atoms with Crippen molar-refractivity contribution in [3.8, 4) is 0 Å². The second-order valence-corrected chi connectivity index (χ2v) is 8.34. The Kier molecular flexibility index (Phi) is 6.45. The molecule has 1 aliphatic rings. The van der Waals surface area contributed by atoms with Crippen LogP contribution in [0.1, 0.15) is 51.8 Å². The Morgan fingerprint density at radius 3 is 2.15 bits per heavy atom. The molecule has 1 heterocycles. The summed E-state index contributed by atoms with van der Waals surface area (Å²) in [5.74, 6) is 0.221. The van der Waals surface area contributed by atoms with Crippen molar-refractivity contribution < 1.29 is 9.59 Å². The van der Waals surface area contributed by atoms with Gasteiger partial charge in [0.2, 0.25) is 11.8 Å². The summed E-state index contributed by atoms with van der Waals surface area (Å²) < 4.78 is 0. The van der Waals surface area contributed by atoms with Crippen LogP contribution < -0.4 is 5.32 Å². The highest BCUT2D eigenvalue weighted by Gasteiger charge is 2.32. The molecule has 5 nitrogen and oxygen atoms in total. The highest BCUT2D eigenvalue weighted by Crippen LogP contribution is 2.20. The first kappa shape index (κ1) is 20.4. The lowest BCUT2D eigenvalue weighted by molar-refractivity contribution is -0.142. The van der Waals surface area contributed by atoms with Crippen molar-refractivity contribution in [3.63, 3.8) is 0 Å². The molecule has 1 aromatic rings. The van der Waals surface area contributed by atoms with E-state index in [1.807, 2.05) is 51.7 Å². The average molecular weight is 360 g/mol. The maximum absolute atomic E-state index is 12.7. The third-order valence-electron chi connectivity index (χ3n) is 5.18. The summed E-state index contributed by atoms with van der Waals surface area (Å²) in [5, 5.41) is 3.13. The van der Waals surface area contributed by atoms with E-state index in [1.54, 1.807) is 0 Å². The fourth-order valence-electron chi connectivity index (χ4n) is 3.44. The lowest BCUT2D eigenvalue weighted by Crippen LogP contribution is -2.56. The molecule has 26 heavy (non-hydrogen) atoms. The first-order chi connectivity index (χ1) is 12.1. The first-order valence-corrected chi connectivity index (χ1v) is 9.50. The largest absolute Gasteiger partial charge is 0.348 e. The third-order valence-corrected chi connectivity index (χ3v) is 5.18. The van der Waals surface area contributed by atoms with E-state index < -0.39 is 0 Å². The molecule has 0 spiro atoms. The number of nitrogens with zero attached hydrogens (tertiary/aromatic N) is 2. The highest BCUT2D eigenvalue weighted by atomic mass is 16.2. The molecule has 144 valence electrons. The molecule has 2 amide bonds. The van der Waals surface area contributed by atoms with Crippen molar-refractivity contribution in [1.29, 1.82) is 0 Å². The molecule has 1 fully saturated rings. The molecule has 2 atom stereocenters. The van der Waals surface area contributed by atoms with Gasteiger partial charge >= 0.3 is 0 Å². The van der Waals surface area contributed by atoms with Crippen LogP contribution in [0.3, 0.4) is 0 Å². The lowest BCUT2D eigenvalue weighted by Gasteiger charge is -2.39. The summed E-state index contributed by atoms with van der Waals surface area (Å²) >= 11 is 0. The minimum atomic E-state index is -0.353. The van der Waals surface area contributed by atoms with Gasteiger partial charge in [0.25, 0.3) is 0 Å². The summed E-state index contributed by atoms with van der Waals surface area (Å²) in [7, 11) is 0. The molecule has 1 aliphatic heterocycles. The Balaban J connectivity index is 1.90. The quantitative estimate of drug-likeness (QED) is 0.899. The highest BCUT2D eigenvalue weighted by molar-refractivity contribution is 5.82. The zero-order chi connectivity index (χ0) is 19.5. The number of carbonyl (C=O) groups excluding carboxylic acids is 2. The molecular formula is C21H33N3O2. The van der Waals surface area contributed by atoms with Crippen molar-refractivity contribution >= 4 is 11.8 Å². The summed E-state index contributed by atoms with van der Waals surface area (Å²) in [4.78, 5) is 29.1. The maximum Gasteiger partial charge on any atom is 0.237 e. The van der Waals surface area contributed by atoms with E-state index in [9.17, 15) is 9.59 Å². The van der Waals surface area contributed by atoms with Gasteiger partial charge in [-0.15, -0.1) is 0 Å². The SMILES string of the molecule is Cc1ccccc1C(C)NC(=O)C(C)N1CCN(C(=O)C(C)(C)C)CC1. The number of benzene rings is 1. The van der Waals surface area contributed by atoms with Gasteiger partial charge in [-0.25, -0.2) is 0 Å². The van der Waals surface area contributed by atoms with E-state index >= 15 is 0 Å². The van der Waals surface area contributed by atoms with Crippen LogP contribution in [0.4, 0.5) is 0 Å². The number of piperazine rings is 1. The fraction of sp³-hybridized carbons (Fsp3) is 0.619. The number of nitrogens with one attached hydrogen (secondary N) is 1. The minimum absolute atomic E-state index is 0.0186. The van der Waals surface area contributed by atoms with Crippen molar-refractivity contribution in [2.24, 2.45) is 5.41 Å². The maximum atomic E-state index is 12.7. The van der Waals surface area contributed by atoms with Gasteiger partial charge in [0.05, 0.1) is 12.1 Å². The van der Waals surface area contributed by atoms with Crippen molar-refractivity contribution in [1.82, 2.24) is 15.1 Å². The van der Waals surface area contributed by atoms with E-state index in [4.69, 9.17) is 0 Å². The molecule has 0 aromatic heterocycles. The molecule has 1 aromatic carbocycles. The molecule has 2 unspecified atom stereocenters. The van der Waals surface area contributed by atoms with Gasteiger partial charge in [-0.05, 0) is 31.9 Å². The number of hydrogen-bond acceptors (Lipinski definition) is 3. The number of hydrogen-bond donors (Lipinski definition) is 1. The Hall–Kier alpha value is -1.88. The third kappa shape index (κ3) is 4.85. The lowest BCUT2D eigenvalue weighted by atomic mass is 9.94. The molecule has 2 rings (SSSR count). The van der Waals surface area contributed by atoms with Crippen LogP contribution in [-0.2, 0) is 9.59 Å². The summed E-state index contributed by atoms with van der Waals surface area (Å²) in [6, 6.07) is 7.91. The first-order valence-electron chi connectivity index (χ1n) is 9.50. The number of aryl methyl sites for hydroxylation is 1. The van der Waals surface area contributed by atoms with E-state index in [-0.39, 0.29) is 29.3 Å². The Bertz CT molecular complexity index is 643. The van der Waals surface area contributed by atoms with Gasteiger partial charge < -0.3 is 10.2 Å². The minimum Gasteiger partial charge on any atom is -0.348 e. The van der Waals surface area contributed by atoms with E-state index in [0.717, 1.165) is 18.7 Å². The fourth-order valence-corrected chi connectivity index (χ4v) is 3.44. The van der Waals surface area contributed by atoms with Crippen molar-refractivity contribution in [2.45, 2.75) is 53.6 Å². The van der Waals surface area contributed by atoms with Crippen molar-refractivity contribution in [2.75, 3.05) is 26.2 Å². The Morgan fingerprint density at radius 1 is 1.04 bits per heavy atom. The zero-order valence-corrected chi connectivity index (χ0v) is 17.0. The number of carbonyl (C=O) groups is 2. The molecule has 1 N–H and O–H groups in total. The van der Waals surface area contributed by atoms with Gasteiger partial charge in [0, 0.05) is 31.6 Å². The molecular weight excluding hydrogens is 326 g/mol. The second kappa shape index (κ2) is 8.21. The molecule has 0 radical (unpaired) electrons. The van der Waals surface area contributed by atoms with Crippen LogP contribution in [-0.4, -0.2) is 53.8 Å². The number of rotatable bonds is 4. The molecule has 0 aliphatic carbocycles. The summed E-state index contributed by atoms with van der Waals surface area (Å²) in [6.07, 6.45) is 0. The van der Waals surface area contributed by atoms with Gasteiger partial charge in [-0.1, -0.05) is 45.0 Å². The predicted octanol–water partition coefficient (Wildman–Crippen LogP) is 2.75. The van der Waals surface area contributed by atoms with Crippen LogP contribution >= 0.6 is 0 Å². The van der Waals surface area contributed by atoms with E-state index in [2.05, 4.69) is 29.3 Å². The van der Waals surface area contributed by atoms with Gasteiger partial charge in [0.15, 0.2) is 0 Å². The van der Waals surface area contributed by atoms with E-state index in [1.165, 1.54) is 5.56 Å². The molecule has 0 saturated carbocycles. The summed E-state index contributed by atoms with van der Waals surface area (Å²) in [6.45, 7) is 14.7. The average Bonchev–Trinajstić information content (AvgIpc) is 2.60. The van der Waals surface area contributed by atoms with Crippen LogP contribution in [0.2, 0.25) is 0 Å². The Morgan fingerprint density at radius 2 is 1.62 bits per heavy atom. The molecule has 0 bridgehead atoms. The normalized spacial score (nSPS) is 18.3. The van der Waals surface area contributed by atoms with Crippen LogP contribution in [0.25, 0.3) is 0 Å². The van der Waals surface area contributed by atoms with Crippen LogP contribution in [0.5, 0.6) is 0 Å². The molecule has 1 saturated heterocycles. The van der Waals surface area contributed by atoms with Crippen LogP contribution in [0.15, 0.2) is 24.3 Å². The monoisotopic (exact) mass is 359 g/mol. The number of amides is 2. The molecule has 5 heteroatoms. The van der Waals surface area contributed by atoms with E-state index in [0.29, 0.717) is 13.1 Å². The second-order valence-electron chi connectivity index (χ2n) is 8.34. The smallest absolute Gasteiger partial charge is 0.237 e. The van der Waals surface area contributed by atoms with Gasteiger partial charge in [-0.2, -0.15) is 0 Å². The summed E-state index contributed by atoms with van der Waals surface area (Å²) in [5.41, 5.74) is 1.98.